The maximum atomic E-state index is 9.24. The van der Waals surface area contributed by atoms with Gasteiger partial charge in [0.05, 0.1) is 12.1 Å². The van der Waals surface area contributed by atoms with Crippen molar-refractivity contribution in [2.24, 2.45) is 0 Å². The number of hydrogen-bond acceptors (Lipinski definition) is 4. The molecule has 5 heteroatoms. The molecule has 4 nitrogen and oxygen atoms in total. The fourth-order valence-electron chi connectivity index (χ4n) is 3.26. The van der Waals surface area contributed by atoms with E-state index in [0.29, 0.717) is 10.7 Å². The van der Waals surface area contributed by atoms with E-state index in [0.717, 1.165) is 39.0 Å². The molecule has 2 N–H and O–H groups in total. The number of aliphatic hydroxyl groups is 1. The lowest BCUT2D eigenvalue weighted by atomic mass is 10.1. The first-order valence-corrected chi connectivity index (χ1v) is 10.4. The zero-order valence-electron chi connectivity index (χ0n) is 17.4. The van der Waals surface area contributed by atoms with Crippen LogP contribution in [0.5, 0.6) is 0 Å². The van der Waals surface area contributed by atoms with E-state index < -0.39 is 0 Å². The number of nitrogens with one attached hydrogen (secondary N) is 1. The minimum Gasteiger partial charge on any atom is -0.394 e. The third-order valence-corrected chi connectivity index (χ3v) is 5.21. The van der Waals surface area contributed by atoms with Gasteiger partial charge in [0.15, 0.2) is 0 Å². The fourth-order valence-corrected chi connectivity index (χ4v) is 3.39. The van der Waals surface area contributed by atoms with Crippen molar-refractivity contribution in [3.05, 3.63) is 88.7 Å². The van der Waals surface area contributed by atoms with Crippen molar-refractivity contribution in [3.63, 3.8) is 0 Å². The molecule has 0 aliphatic rings. The minimum atomic E-state index is -0.0481. The van der Waals surface area contributed by atoms with Gasteiger partial charge in [0.2, 0.25) is 0 Å². The summed E-state index contributed by atoms with van der Waals surface area (Å²) in [5, 5.41) is 14.2. The topological polar surface area (TPSA) is 58.0 Å². The summed E-state index contributed by atoms with van der Waals surface area (Å²) in [5.41, 5.74) is 5.71. The molecule has 2 aromatic heterocycles. The quantitative estimate of drug-likeness (QED) is 0.425. The molecular formula is C26H22ClN3O. The highest BCUT2D eigenvalue weighted by molar-refractivity contribution is 6.30. The van der Waals surface area contributed by atoms with E-state index in [1.807, 2.05) is 80.7 Å². The molecule has 4 aromatic rings. The van der Waals surface area contributed by atoms with E-state index in [1.165, 1.54) is 0 Å². The Balaban J connectivity index is 1.56. The number of nitrogens with zero attached hydrogens (tertiary/aromatic N) is 2. The predicted octanol–water partition coefficient (Wildman–Crippen LogP) is 5.45. The number of pyridine rings is 2. The molecule has 2 heterocycles. The van der Waals surface area contributed by atoms with Crippen LogP contribution >= 0.6 is 11.6 Å². The molecule has 0 aliphatic heterocycles. The molecule has 1 atom stereocenters. The number of hydrogen-bond donors (Lipinski definition) is 2. The van der Waals surface area contributed by atoms with E-state index >= 15 is 0 Å². The lowest BCUT2D eigenvalue weighted by molar-refractivity contribution is 0.281. The SMILES string of the molecule is Cc1cc(N[C@@H](C)CO)nc2ccc(C#Cc3ccc(-c4ccc(Cl)cc4)cn3)cc12. The molecule has 0 aliphatic carbocycles. The molecule has 0 amide bonds. The van der Waals surface area contributed by atoms with E-state index in [9.17, 15) is 5.11 Å². The van der Waals surface area contributed by atoms with Crippen LogP contribution in [0, 0.1) is 18.8 Å². The van der Waals surface area contributed by atoms with Gasteiger partial charge in [-0.1, -0.05) is 35.7 Å². The first-order valence-electron chi connectivity index (χ1n) is 10.0. The Morgan fingerprint density at radius 1 is 1.00 bits per heavy atom. The first kappa shape index (κ1) is 20.9. The Morgan fingerprint density at radius 3 is 2.48 bits per heavy atom. The summed E-state index contributed by atoms with van der Waals surface area (Å²) in [4.78, 5) is 9.11. The van der Waals surface area contributed by atoms with Crippen molar-refractivity contribution in [2.45, 2.75) is 19.9 Å². The smallest absolute Gasteiger partial charge is 0.127 e. The van der Waals surface area contributed by atoms with Crippen LogP contribution in [-0.4, -0.2) is 27.7 Å². The van der Waals surface area contributed by atoms with Crippen LogP contribution in [0.1, 0.15) is 23.7 Å². The van der Waals surface area contributed by atoms with Gasteiger partial charge in [0.25, 0.3) is 0 Å². The largest absolute Gasteiger partial charge is 0.394 e. The second-order valence-corrected chi connectivity index (χ2v) is 7.91. The molecule has 2 aromatic carbocycles. The van der Waals surface area contributed by atoms with Crippen LogP contribution in [0.15, 0.2) is 66.9 Å². The van der Waals surface area contributed by atoms with Crippen LogP contribution in [0.4, 0.5) is 5.82 Å². The Labute approximate surface area is 187 Å². The van der Waals surface area contributed by atoms with E-state index in [1.54, 1.807) is 0 Å². The molecular weight excluding hydrogens is 406 g/mol. The zero-order chi connectivity index (χ0) is 21.8. The summed E-state index contributed by atoms with van der Waals surface area (Å²) < 4.78 is 0. The van der Waals surface area contributed by atoms with Crippen LogP contribution in [0.3, 0.4) is 0 Å². The number of aryl methyl sites for hydroxylation is 1. The molecule has 0 fully saturated rings. The normalized spacial score (nSPS) is 11.6. The van der Waals surface area contributed by atoms with Crippen molar-refractivity contribution in [2.75, 3.05) is 11.9 Å². The van der Waals surface area contributed by atoms with Crippen LogP contribution < -0.4 is 5.32 Å². The van der Waals surface area contributed by atoms with Gasteiger partial charge in [-0.25, -0.2) is 9.97 Å². The minimum absolute atomic E-state index is 0.0481. The molecule has 154 valence electrons. The highest BCUT2D eigenvalue weighted by Crippen LogP contribution is 2.23. The van der Waals surface area contributed by atoms with Crippen molar-refractivity contribution in [3.8, 4) is 23.0 Å². The maximum Gasteiger partial charge on any atom is 0.127 e. The summed E-state index contributed by atoms with van der Waals surface area (Å²) in [7, 11) is 0. The van der Waals surface area contributed by atoms with Crippen LogP contribution in [0.2, 0.25) is 5.02 Å². The van der Waals surface area contributed by atoms with Gasteiger partial charge >= 0.3 is 0 Å². The second kappa shape index (κ2) is 9.18. The number of rotatable bonds is 4. The monoisotopic (exact) mass is 427 g/mol. The predicted molar refractivity (Wildman–Crippen MR) is 127 cm³/mol. The fraction of sp³-hybridized carbons (Fsp3) is 0.154. The lowest BCUT2D eigenvalue weighted by Crippen LogP contribution is -2.20. The summed E-state index contributed by atoms with van der Waals surface area (Å²) in [6, 6.07) is 19.5. The number of aromatic nitrogens is 2. The van der Waals surface area contributed by atoms with E-state index in [2.05, 4.69) is 27.1 Å². The first-order chi connectivity index (χ1) is 15.0. The summed E-state index contributed by atoms with van der Waals surface area (Å²) >= 11 is 5.95. The summed E-state index contributed by atoms with van der Waals surface area (Å²) in [5.74, 6) is 7.09. The zero-order valence-corrected chi connectivity index (χ0v) is 18.1. The van der Waals surface area contributed by atoms with Crippen LogP contribution in [0.25, 0.3) is 22.0 Å². The van der Waals surface area contributed by atoms with Crippen molar-refractivity contribution < 1.29 is 5.11 Å². The Bertz CT molecular complexity index is 1270. The van der Waals surface area contributed by atoms with Gasteiger partial charge in [-0.15, -0.1) is 0 Å². The Morgan fingerprint density at radius 2 is 1.77 bits per heavy atom. The summed E-state index contributed by atoms with van der Waals surface area (Å²) in [6.45, 7) is 4.02. The number of benzene rings is 2. The van der Waals surface area contributed by atoms with E-state index in [-0.39, 0.29) is 12.6 Å². The molecule has 0 saturated carbocycles. The van der Waals surface area contributed by atoms with Gasteiger partial charge in [0, 0.05) is 33.8 Å². The molecule has 0 saturated heterocycles. The average Bonchev–Trinajstić information content (AvgIpc) is 2.79. The molecule has 0 bridgehead atoms. The van der Waals surface area contributed by atoms with Crippen molar-refractivity contribution >= 4 is 28.3 Å². The standard InChI is InChI=1S/C26H22ClN3O/c1-17-13-26(29-18(2)16-31)30-25-12-4-19(14-24(17)25)3-10-23-11-7-21(15-28-23)20-5-8-22(27)9-6-20/h4-9,11-15,18,31H,16H2,1-2H3,(H,29,30)/t18-/m0/s1. The third kappa shape index (κ3) is 5.03. The van der Waals surface area contributed by atoms with Gasteiger partial charge in [-0.3, -0.25) is 0 Å². The number of aliphatic hydroxyl groups excluding tert-OH is 1. The number of fused-ring (bicyclic) bond motifs is 1. The molecule has 0 spiro atoms. The van der Waals surface area contributed by atoms with Crippen molar-refractivity contribution in [1.82, 2.24) is 9.97 Å². The average molecular weight is 428 g/mol. The van der Waals surface area contributed by atoms with Crippen LogP contribution in [-0.2, 0) is 0 Å². The second-order valence-electron chi connectivity index (χ2n) is 7.47. The molecule has 0 unspecified atom stereocenters. The van der Waals surface area contributed by atoms with Gasteiger partial charge in [-0.05, 0) is 73.4 Å². The third-order valence-electron chi connectivity index (χ3n) is 4.96. The summed E-state index contributed by atoms with van der Waals surface area (Å²) in [6.07, 6.45) is 1.82. The molecule has 4 rings (SSSR count). The Kier molecular flexibility index (Phi) is 6.18. The Hall–Kier alpha value is -3.39. The van der Waals surface area contributed by atoms with Gasteiger partial charge < -0.3 is 10.4 Å². The molecule has 31 heavy (non-hydrogen) atoms. The maximum absolute atomic E-state index is 9.24. The number of halogens is 1. The lowest BCUT2D eigenvalue weighted by Gasteiger charge is -2.13. The number of anilines is 1. The van der Waals surface area contributed by atoms with Gasteiger partial charge in [0.1, 0.15) is 11.5 Å². The van der Waals surface area contributed by atoms with E-state index in [4.69, 9.17) is 11.6 Å². The van der Waals surface area contributed by atoms with Gasteiger partial charge in [-0.2, -0.15) is 0 Å². The molecule has 0 radical (unpaired) electrons. The highest BCUT2D eigenvalue weighted by Gasteiger charge is 2.06. The highest BCUT2D eigenvalue weighted by atomic mass is 35.5. The van der Waals surface area contributed by atoms with Crippen molar-refractivity contribution in [1.29, 1.82) is 0 Å².